The summed E-state index contributed by atoms with van der Waals surface area (Å²) in [5.41, 5.74) is 7.54. The summed E-state index contributed by atoms with van der Waals surface area (Å²) < 4.78 is 0. The largest absolute Gasteiger partial charge is 0.754 e. The Labute approximate surface area is 89.1 Å². The number of hydrogen-bond acceptors (Lipinski definition) is 3. The summed E-state index contributed by atoms with van der Waals surface area (Å²) >= 11 is 0. The summed E-state index contributed by atoms with van der Waals surface area (Å²) in [6.07, 6.45) is 7.76. The molecule has 2 rings (SSSR count). The number of allylic oxidation sites excluding steroid dienone is 3. The predicted molar refractivity (Wildman–Crippen MR) is 63.2 cm³/mol. The van der Waals surface area contributed by atoms with Crippen molar-refractivity contribution in [3.05, 3.63) is 53.4 Å². The van der Waals surface area contributed by atoms with Gasteiger partial charge in [-0.3, -0.25) is 0 Å². The molecule has 78 valence electrons. The molecule has 1 aromatic carbocycles. The second kappa shape index (κ2) is 4.19. The van der Waals surface area contributed by atoms with Crippen LogP contribution in [0.25, 0.3) is 0 Å². The first-order chi connectivity index (χ1) is 7.27. The Morgan fingerprint density at radius 3 is 2.47 bits per heavy atom. The Hall–Kier alpha value is -1.74. The lowest BCUT2D eigenvalue weighted by Crippen LogP contribution is -2.13. The third-order valence-corrected chi connectivity index (χ3v) is 2.34. The van der Waals surface area contributed by atoms with Crippen molar-refractivity contribution in [1.29, 1.82) is 0 Å². The fourth-order valence-electron chi connectivity index (χ4n) is 1.51. The lowest BCUT2D eigenvalue weighted by atomic mass is 10.1. The molecular weight excluding hydrogens is 188 g/mol. The van der Waals surface area contributed by atoms with Crippen molar-refractivity contribution in [3.8, 4) is 0 Å². The maximum atomic E-state index is 11.9. The van der Waals surface area contributed by atoms with Gasteiger partial charge >= 0.3 is 0 Å². The summed E-state index contributed by atoms with van der Waals surface area (Å²) in [5.74, 6) is 0. The molecular formula is C12H13N2O-. The molecule has 3 heteroatoms. The molecule has 1 aromatic rings. The Kier molecular flexibility index (Phi) is 2.74. The summed E-state index contributed by atoms with van der Waals surface area (Å²) in [6.45, 7) is 0. The summed E-state index contributed by atoms with van der Waals surface area (Å²) in [4.78, 5) is 0. The number of hydroxylamine groups is 1. The molecule has 1 aliphatic rings. The summed E-state index contributed by atoms with van der Waals surface area (Å²) in [6, 6.07) is 6.91. The van der Waals surface area contributed by atoms with Crippen molar-refractivity contribution in [2.24, 2.45) is 0 Å². The Balaban J connectivity index is 2.20. The van der Waals surface area contributed by atoms with Gasteiger partial charge in [0.1, 0.15) is 0 Å². The molecule has 0 fully saturated rings. The van der Waals surface area contributed by atoms with Gasteiger partial charge in [0.05, 0.1) is 0 Å². The lowest BCUT2D eigenvalue weighted by molar-refractivity contribution is 0.997. The standard InChI is InChI=1S/C12H13N2O/c13-10-6-8-12(9-7-10)14(15)11-4-2-1-3-5-11/h2,4-9H,1,3,13H2/q-1. The van der Waals surface area contributed by atoms with Crippen LogP contribution in [0.3, 0.4) is 0 Å². The zero-order valence-corrected chi connectivity index (χ0v) is 8.39. The van der Waals surface area contributed by atoms with E-state index in [1.165, 1.54) is 0 Å². The Bertz CT molecular complexity index is 393. The average molecular weight is 201 g/mol. The van der Waals surface area contributed by atoms with Crippen LogP contribution in [0.4, 0.5) is 11.4 Å². The molecule has 0 heterocycles. The molecule has 0 saturated heterocycles. The highest BCUT2D eigenvalue weighted by Crippen LogP contribution is 2.22. The van der Waals surface area contributed by atoms with Crippen LogP contribution in [0.2, 0.25) is 0 Å². The van der Waals surface area contributed by atoms with Gasteiger partial charge in [-0.05, 0) is 43.2 Å². The van der Waals surface area contributed by atoms with Gasteiger partial charge in [0.2, 0.25) is 0 Å². The zero-order chi connectivity index (χ0) is 10.7. The SMILES string of the molecule is Nc1ccc(N([O-])C2=CCCC=C2)cc1. The minimum Gasteiger partial charge on any atom is -0.754 e. The van der Waals surface area contributed by atoms with Gasteiger partial charge in [0, 0.05) is 17.1 Å². The molecule has 0 aromatic heterocycles. The van der Waals surface area contributed by atoms with Crippen molar-refractivity contribution < 1.29 is 0 Å². The van der Waals surface area contributed by atoms with Crippen LogP contribution in [0.1, 0.15) is 12.8 Å². The normalized spacial score (nSPS) is 14.9. The van der Waals surface area contributed by atoms with Gasteiger partial charge in [-0.1, -0.05) is 12.2 Å². The molecule has 3 nitrogen and oxygen atoms in total. The van der Waals surface area contributed by atoms with Crippen LogP contribution >= 0.6 is 0 Å². The topological polar surface area (TPSA) is 52.3 Å². The van der Waals surface area contributed by atoms with E-state index in [1.807, 2.05) is 18.2 Å². The first-order valence-electron chi connectivity index (χ1n) is 4.97. The van der Waals surface area contributed by atoms with Crippen molar-refractivity contribution in [2.45, 2.75) is 12.8 Å². The average Bonchev–Trinajstić information content (AvgIpc) is 2.30. The van der Waals surface area contributed by atoms with Crippen molar-refractivity contribution in [3.63, 3.8) is 0 Å². The van der Waals surface area contributed by atoms with Gasteiger partial charge in [-0.15, -0.1) is 0 Å². The number of rotatable bonds is 2. The smallest absolute Gasteiger partial charge is 0.0315 e. The first kappa shape index (κ1) is 9.80. The quantitative estimate of drug-likeness (QED) is 0.591. The molecule has 0 bridgehead atoms. The fourth-order valence-corrected chi connectivity index (χ4v) is 1.51. The van der Waals surface area contributed by atoms with Crippen LogP contribution < -0.4 is 10.8 Å². The maximum absolute atomic E-state index is 11.9. The number of hydrogen-bond donors (Lipinski definition) is 1. The number of nitrogens with two attached hydrogens (primary N) is 1. The number of nitrogen functional groups attached to an aromatic ring is 1. The highest BCUT2D eigenvalue weighted by atomic mass is 16.5. The predicted octanol–water partition coefficient (Wildman–Crippen LogP) is 2.81. The second-order valence-corrected chi connectivity index (χ2v) is 3.49. The van der Waals surface area contributed by atoms with Crippen LogP contribution in [0.5, 0.6) is 0 Å². The highest BCUT2D eigenvalue weighted by molar-refractivity contribution is 5.59. The van der Waals surface area contributed by atoms with Crippen LogP contribution in [0.15, 0.2) is 48.2 Å². The zero-order valence-electron chi connectivity index (χ0n) is 8.39. The minimum absolute atomic E-state index is 0.613. The van der Waals surface area contributed by atoms with E-state index >= 15 is 0 Å². The van der Waals surface area contributed by atoms with Crippen LogP contribution in [0, 0.1) is 5.21 Å². The van der Waals surface area contributed by atoms with Crippen molar-refractivity contribution in [2.75, 3.05) is 10.8 Å². The third-order valence-electron chi connectivity index (χ3n) is 2.34. The molecule has 1 aliphatic carbocycles. The number of nitrogens with zero attached hydrogens (tertiary/aromatic N) is 1. The molecule has 0 radical (unpaired) electrons. The summed E-state index contributed by atoms with van der Waals surface area (Å²) in [5, 5.41) is 12.8. The highest BCUT2D eigenvalue weighted by Gasteiger charge is 2.01. The van der Waals surface area contributed by atoms with Crippen LogP contribution in [-0.4, -0.2) is 0 Å². The molecule has 0 spiro atoms. The summed E-state index contributed by atoms with van der Waals surface area (Å²) in [7, 11) is 0. The lowest BCUT2D eigenvalue weighted by Gasteiger charge is -2.32. The van der Waals surface area contributed by atoms with Gasteiger partial charge in [-0.2, -0.15) is 0 Å². The second-order valence-electron chi connectivity index (χ2n) is 3.49. The van der Waals surface area contributed by atoms with E-state index in [1.54, 1.807) is 24.3 Å². The minimum atomic E-state index is 0.613. The van der Waals surface area contributed by atoms with Gasteiger partial charge in [0.15, 0.2) is 0 Å². The van der Waals surface area contributed by atoms with E-state index in [-0.39, 0.29) is 0 Å². The maximum Gasteiger partial charge on any atom is 0.0315 e. The molecule has 15 heavy (non-hydrogen) atoms. The molecule has 0 saturated carbocycles. The molecule has 0 amide bonds. The Morgan fingerprint density at radius 2 is 1.87 bits per heavy atom. The van der Waals surface area contributed by atoms with E-state index in [0.29, 0.717) is 17.1 Å². The molecule has 0 unspecified atom stereocenters. The Morgan fingerprint density at radius 1 is 1.13 bits per heavy atom. The van der Waals surface area contributed by atoms with Gasteiger partial charge in [0.25, 0.3) is 0 Å². The third kappa shape index (κ3) is 2.19. The molecule has 0 atom stereocenters. The van der Waals surface area contributed by atoms with E-state index in [2.05, 4.69) is 0 Å². The number of anilines is 2. The van der Waals surface area contributed by atoms with E-state index < -0.39 is 0 Å². The van der Waals surface area contributed by atoms with Gasteiger partial charge < -0.3 is 16.0 Å². The van der Waals surface area contributed by atoms with E-state index in [9.17, 15) is 5.21 Å². The van der Waals surface area contributed by atoms with Crippen LogP contribution in [-0.2, 0) is 0 Å². The van der Waals surface area contributed by atoms with E-state index in [0.717, 1.165) is 17.9 Å². The van der Waals surface area contributed by atoms with E-state index in [4.69, 9.17) is 5.73 Å². The van der Waals surface area contributed by atoms with Gasteiger partial charge in [-0.25, -0.2) is 0 Å². The number of benzene rings is 1. The monoisotopic (exact) mass is 201 g/mol. The molecule has 0 aliphatic heterocycles. The van der Waals surface area contributed by atoms with Crippen molar-refractivity contribution >= 4 is 11.4 Å². The van der Waals surface area contributed by atoms with Crippen molar-refractivity contribution in [1.82, 2.24) is 0 Å². The molecule has 2 N–H and O–H groups in total. The fraction of sp³-hybridized carbons (Fsp3) is 0.167. The first-order valence-corrected chi connectivity index (χ1v) is 4.97.